The fourth-order valence-corrected chi connectivity index (χ4v) is 2.21. The average Bonchev–Trinajstić information content (AvgIpc) is 2.61. The predicted molar refractivity (Wildman–Crippen MR) is 65.4 cm³/mol. The number of unbranched alkanes of at least 4 members (excludes halogenated alkanes) is 1. The van der Waals surface area contributed by atoms with Crippen LogP contribution in [0, 0.1) is 0 Å². The van der Waals surface area contributed by atoms with Gasteiger partial charge in [-0.1, -0.05) is 12.1 Å². The molecule has 2 heteroatoms. The molecule has 0 saturated carbocycles. The van der Waals surface area contributed by atoms with Crippen LogP contribution in [0.25, 0.3) is 0 Å². The third-order valence-corrected chi connectivity index (χ3v) is 3.20. The Hall–Kier alpha value is -1.02. The predicted octanol–water partition coefficient (Wildman–Crippen LogP) is 1.96. The zero-order valence-corrected chi connectivity index (χ0v) is 9.50. The van der Waals surface area contributed by atoms with Crippen LogP contribution in [0.5, 0.6) is 0 Å². The quantitative estimate of drug-likeness (QED) is 0.760. The molecule has 0 aliphatic carbocycles. The van der Waals surface area contributed by atoms with Crippen molar-refractivity contribution in [3.8, 4) is 0 Å². The third kappa shape index (κ3) is 2.32. The summed E-state index contributed by atoms with van der Waals surface area (Å²) in [5.41, 5.74) is 9.88. The van der Waals surface area contributed by atoms with Crippen LogP contribution in [0.1, 0.15) is 24.0 Å². The number of hydrogen-bond donors (Lipinski definition) is 1. The van der Waals surface area contributed by atoms with Gasteiger partial charge >= 0.3 is 0 Å². The van der Waals surface area contributed by atoms with E-state index in [-0.39, 0.29) is 0 Å². The molecule has 0 saturated heterocycles. The molecular formula is C13H20N2. The van der Waals surface area contributed by atoms with Crippen molar-refractivity contribution in [1.82, 2.24) is 0 Å². The molecule has 1 aromatic carbocycles. The van der Waals surface area contributed by atoms with E-state index in [0.717, 1.165) is 13.0 Å². The van der Waals surface area contributed by atoms with E-state index in [0.29, 0.717) is 0 Å². The SMILES string of the molecule is CN1CCc2ccc(CCCCN)cc21. The van der Waals surface area contributed by atoms with E-state index >= 15 is 0 Å². The van der Waals surface area contributed by atoms with Crippen molar-refractivity contribution >= 4 is 5.69 Å². The Morgan fingerprint density at radius 1 is 1.33 bits per heavy atom. The molecule has 2 N–H and O–H groups in total. The van der Waals surface area contributed by atoms with E-state index in [1.165, 1.54) is 42.6 Å². The molecule has 1 aliphatic rings. The van der Waals surface area contributed by atoms with Gasteiger partial charge in [0.25, 0.3) is 0 Å². The first-order chi connectivity index (χ1) is 7.31. The van der Waals surface area contributed by atoms with Crippen molar-refractivity contribution in [2.45, 2.75) is 25.7 Å². The second kappa shape index (κ2) is 4.67. The highest BCUT2D eigenvalue weighted by Crippen LogP contribution is 2.27. The van der Waals surface area contributed by atoms with Gasteiger partial charge in [0.2, 0.25) is 0 Å². The molecule has 0 aromatic heterocycles. The molecule has 15 heavy (non-hydrogen) atoms. The van der Waals surface area contributed by atoms with Gasteiger partial charge in [-0.05, 0) is 49.4 Å². The normalized spacial score (nSPS) is 14.4. The largest absolute Gasteiger partial charge is 0.374 e. The van der Waals surface area contributed by atoms with E-state index in [2.05, 4.69) is 30.1 Å². The smallest absolute Gasteiger partial charge is 0.0399 e. The first kappa shape index (κ1) is 10.5. The Morgan fingerprint density at radius 2 is 2.20 bits per heavy atom. The Labute approximate surface area is 92.1 Å². The summed E-state index contributed by atoms with van der Waals surface area (Å²) in [5.74, 6) is 0. The minimum absolute atomic E-state index is 0.810. The number of hydrogen-bond acceptors (Lipinski definition) is 2. The highest BCUT2D eigenvalue weighted by Gasteiger charge is 2.15. The summed E-state index contributed by atoms with van der Waals surface area (Å²) >= 11 is 0. The molecule has 82 valence electrons. The van der Waals surface area contributed by atoms with Crippen LogP contribution in [0.3, 0.4) is 0 Å². The minimum atomic E-state index is 0.810. The van der Waals surface area contributed by atoms with E-state index in [1.54, 1.807) is 0 Å². The third-order valence-electron chi connectivity index (χ3n) is 3.20. The fraction of sp³-hybridized carbons (Fsp3) is 0.538. The summed E-state index contributed by atoms with van der Waals surface area (Å²) in [4.78, 5) is 2.35. The number of nitrogens with two attached hydrogens (primary N) is 1. The first-order valence-corrected chi connectivity index (χ1v) is 5.84. The van der Waals surface area contributed by atoms with Crippen LogP contribution >= 0.6 is 0 Å². The molecule has 1 aliphatic heterocycles. The molecule has 0 fully saturated rings. The summed E-state index contributed by atoms with van der Waals surface area (Å²) < 4.78 is 0. The molecule has 1 aromatic rings. The van der Waals surface area contributed by atoms with Crippen LogP contribution in [0.2, 0.25) is 0 Å². The standard InChI is InChI=1S/C13H20N2/c1-15-9-7-12-6-5-11(10-13(12)15)4-2-3-8-14/h5-6,10H,2-4,7-9,14H2,1H3. The summed E-state index contributed by atoms with van der Waals surface area (Å²) in [6.07, 6.45) is 4.71. The van der Waals surface area contributed by atoms with Gasteiger partial charge in [-0.2, -0.15) is 0 Å². The molecule has 0 amide bonds. The topological polar surface area (TPSA) is 29.3 Å². The van der Waals surface area contributed by atoms with Crippen LogP contribution in [0.15, 0.2) is 18.2 Å². The van der Waals surface area contributed by atoms with Crippen molar-refractivity contribution in [2.24, 2.45) is 5.73 Å². The summed E-state index contributed by atoms with van der Waals surface area (Å²) in [7, 11) is 2.18. The van der Waals surface area contributed by atoms with Gasteiger partial charge in [0.15, 0.2) is 0 Å². The highest BCUT2D eigenvalue weighted by atomic mass is 15.1. The summed E-state index contributed by atoms with van der Waals surface area (Å²) in [6.45, 7) is 1.98. The number of benzene rings is 1. The molecule has 0 spiro atoms. The lowest BCUT2D eigenvalue weighted by molar-refractivity contribution is 0.745. The number of nitrogens with zero attached hydrogens (tertiary/aromatic N) is 1. The first-order valence-electron chi connectivity index (χ1n) is 5.84. The molecule has 2 rings (SSSR count). The Balaban J connectivity index is 2.05. The van der Waals surface area contributed by atoms with E-state index in [9.17, 15) is 0 Å². The van der Waals surface area contributed by atoms with E-state index < -0.39 is 0 Å². The maximum atomic E-state index is 5.50. The number of likely N-dealkylation sites (N-methyl/N-ethyl adjacent to an activating group) is 1. The maximum Gasteiger partial charge on any atom is 0.0399 e. The lowest BCUT2D eigenvalue weighted by atomic mass is 10.0. The van der Waals surface area contributed by atoms with Gasteiger partial charge in [0, 0.05) is 19.3 Å². The lowest BCUT2D eigenvalue weighted by Gasteiger charge is -2.13. The minimum Gasteiger partial charge on any atom is -0.374 e. The Bertz CT molecular complexity index is 333. The number of fused-ring (bicyclic) bond motifs is 1. The van der Waals surface area contributed by atoms with Crippen LogP contribution in [0.4, 0.5) is 5.69 Å². The molecule has 0 atom stereocenters. The van der Waals surface area contributed by atoms with E-state index in [1.807, 2.05) is 0 Å². The van der Waals surface area contributed by atoms with E-state index in [4.69, 9.17) is 5.73 Å². The maximum absolute atomic E-state index is 5.50. The average molecular weight is 204 g/mol. The van der Waals surface area contributed by atoms with Crippen LogP contribution in [-0.2, 0) is 12.8 Å². The van der Waals surface area contributed by atoms with Crippen molar-refractivity contribution < 1.29 is 0 Å². The number of rotatable bonds is 4. The zero-order chi connectivity index (χ0) is 10.7. The second-order valence-corrected chi connectivity index (χ2v) is 4.38. The number of anilines is 1. The Kier molecular flexibility index (Phi) is 3.27. The lowest BCUT2D eigenvalue weighted by Crippen LogP contribution is -2.12. The highest BCUT2D eigenvalue weighted by molar-refractivity contribution is 5.58. The molecular weight excluding hydrogens is 184 g/mol. The summed E-state index contributed by atoms with van der Waals surface area (Å²) in [6, 6.07) is 6.91. The van der Waals surface area contributed by atoms with Crippen molar-refractivity contribution in [2.75, 3.05) is 25.0 Å². The molecule has 0 unspecified atom stereocenters. The molecule has 0 radical (unpaired) electrons. The second-order valence-electron chi connectivity index (χ2n) is 4.38. The van der Waals surface area contributed by atoms with Crippen molar-refractivity contribution in [3.63, 3.8) is 0 Å². The van der Waals surface area contributed by atoms with Gasteiger partial charge in [0.1, 0.15) is 0 Å². The zero-order valence-electron chi connectivity index (χ0n) is 9.50. The molecule has 1 heterocycles. The van der Waals surface area contributed by atoms with Crippen molar-refractivity contribution in [1.29, 1.82) is 0 Å². The fourth-order valence-electron chi connectivity index (χ4n) is 2.21. The molecule has 0 bridgehead atoms. The molecule has 2 nitrogen and oxygen atoms in total. The van der Waals surface area contributed by atoms with Gasteiger partial charge in [-0.15, -0.1) is 0 Å². The summed E-state index contributed by atoms with van der Waals surface area (Å²) in [5, 5.41) is 0. The van der Waals surface area contributed by atoms with Crippen molar-refractivity contribution in [3.05, 3.63) is 29.3 Å². The van der Waals surface area contributed by atoms with Gasteiger partial charge < -0.3 is 10.6 Å². The van der Waals surface area contributed by atoms with Gasteiger partial charge in [-0.3, -0.25) is 0 Å². The van der Waals surface area contributed by atoms with Gasteiger partial charge in [-0.25, -0.2) is 0 Å². The Morgan fingerprint density at radius 3 is 3.00 bits per heavy atom. The van der Waals surface area contributed by atoms with Crippen LogP contribution in [-0.4, -0.2) is 20.1 Å². The van der Waals surface area contributed by atoms with Gasteiger partial charge in [0.05, 0.1) is 0 Å². The number of aryl methyl sites for hydroxylation is 1. The van der Waals surface area contributed by atoms with Crippen LogP contribution < -0.4 is 10.6 Å². The monoisotopic (exact) mass is 204 g/mol.